The summed E-state index contributed by atoms with van der Waals surface area (Å²) in [6, 6.07) is 3.89. The fourth-order valence-corrected chi connectivity index (χ4v) is 1.91. The fraction of sp³-hybridized carbons (Fsp3) is 0.500. The van der Waals surface area contributed by atoms with Gasteiger partial charge in [-0.2, -0.15) is 0 Å². The van der Waals surface area contributed by atoms with Crippen LogP contribution in [0.2, 0.25) is 0 Å². The highest BCUT2D eigenvalue weighted by Gasteiger charge is 2.08. The van der Waals surface area contributed by atoms with Crippen molar-refractivity contribution >= 4 is 12.6 Å². The van der Waals surface area contributed by atoms with Gasteiger partial charge in [-0.1, -0.05) is 38.8 Å². The lowest BCUT2D eigenvalue weighted by molar-refractivity contribution is 0.577. The monoisotopic (exact) mass is 212 g/mol. The first kappa shape index (κ1) is 11.6. The van der Waals surface area contributed by atoms with Crippen LogP contribution in [0.15, 0.2) is 17.0 Å². The molecule has 0 saturated carbocycles. The highest BCUT2D eigenvalue weighted by atomic mass is 32.1. The van der Waals surface area contributed by atoms with E-state index in [-0.39, 0.29) is 5.82 Å². The van der Waals surface area contributed by atoms with Crippen LogP contribution in [0.1, 0.15) is 37.8 Å². The van der Waals surface area contributed by atoms with Gasteiger partial charge in [-0.3, -0.25) is 0 Å². The first-order valence-corrected chi connectivity index (χ1v) is 5.64. The van der Waals surface area contributed by atoms with Crippen molar-refractivity contribution in [3.8, 4) is 0 Å². The van der Waals surface area contributed by atoms with Crippen LogP contribution < -0.4 is 0 Å². The molecule has 0 saturated heterocycles. The van der Waals surface area contributed by atoms with Crippen molar-refractivity contribution in [2.45, 2.75) is 44.4 Å². The maximum atomic E-state index is 13.7. The number of rotatable bonds is 4. The molecular formula is C12H17FS. The molecule has 0 N–H and O–H groups in total. The molecule has 0 aliphatic carbocycles. The Hall–Kier alpha value is -0.500. The second-order valence-electron chi connectivity index (χ2n) is 3.55. The van der Waals surface area contributed by atoms with E-state index in [0.717, 1.165) is 36.8 Å². The largest absolute Gasteiger partial charge is 0.205 e. The summed E-state index contributed by atoms with van der Waals surface area (Å²) in [6.07, 6.45) is 3.70. The van der Waals surface area contributed by atoms with Gasteiger partial charge in [0, 0.05) is 4.90 Å². The minimum Gasteiger partial charge on any atom is -0.205 e. The average molecular weight is 212 g/mol. The highest BCUT2D eigenvalue weighted by molar-refractivity contribution is 7.80. The zero-order valence-corrected chi connectivity index (χ0v) is 9.70. The van der Waals surface area contributed by atoms with E-state index in [9.17, 15) is 4.39 Å². The number of halogens is 1. The summed E-state index contributed by atoms with van der Waals surface area (Å²) >= 11 is 4.23. The molecular weight excluding hydrogens is 195 g/mol. The van der Waals surface area contributed by atoms with Crippen LogP contribution >= 0.6 is 12.6 Å². The van der Waals surface area contributed by atoms with Crippen molar-refractivity contribution in [2.24, 2.45) is 0 Å². The van der Waals surface area contributed by atoms with E-state index in [2.05, 4.69) is 26.5 Å². The van der Waals surface area contributed by atoms with Gasteiger partial charge in [0.2, 0.25) is 0 Å². The standard InChI is InChI=1S/C12H17FS/c1-3-5-9-7-8-10(6-4-2)12(14)11(9)13/h7-8,14H,3-6H2,1-2H3. The van der Waals surface area contributed by atoms with Gasteiger partial charge in [-0.25, -0.2) is 4.39 Å². The minimum absolute atomic E-state index is 0.124. The minimum atomic E-state index is -0.124. The molecule has 0 amide bonds. The predicted molar refractivity (Wildman–Crippen MR) is 61.6 cm³/mol. The number of thiol groups is 1. The smallest absolute Gasteiger partial charge is 0.139 e. The summed E-state index contributed by atoms with van der Waals surface area (Å²) in [5, 5.41) is 0. The van der Waals surface area contributed by atoms with Gasteiger partial charge in [-0.05, 0) is 24.0 Å². The molecule has 0 unspecified atom stereocenters. The van der Waals surface area contributed by atoms with E-state index < -0.39 is 0 Å². The zero-order valence-electron chi connectivity index (χ0n) is 8.81. The Labute approximate surface area is 90.9 Å². The lowest BCUT2D eigenvalue weighted by atomic mass is 10.0. The first-order valence-electron chi connectivity index (χ1n) is 5.19. The van der Waals surface area contributed by atoms with Gasteiger partial charge in [0.05, 0.1) is 0 Å². The molecule has 1 aromatic rings. The first-order chi connectivity index (χ1) is 6.70. The SMILES string of the molecule is CCCc1ccc(CCC)c(S)c1F. The molecule has 1 aromatic carbocycles. The van der Waals surface area contributed by atoms with E-state index in [1.807, 2.05) is 12.1 Å². The summed E-state index contributed by atoms with van der Waals surface area (Å²) in [7, 11) is 0. The number of hydrogen-bond acceptors (Lipinski definition) is 1. The molecule has 0 atom stereocenters. The molecule has 1 rings (SSSR count). The normalized spacial score (nSPS) is 10.6. The molecule has 0 nitrogen and oxygen atoms in total. The van der Waals surface area contributed by atoms with Crippen LogP contribution in [0.5, 0.6) is 0 Å². The van der Waals surface area contributed by atoms with Gasteiger partial charge >= 0.3 is 0 Å². The molecule has 14 heavy (non-hydrogen) atoms. The average Bonchev–Trinajstić information content (AvgIpc) is 2.18. The summed E-state index contributed by atoms with van der Waals surface area (Å²) in [5.41, 5.74) is 1.81. The Kier molecular flexibility index (Phi) is 4.46. The Morgan fingerprint density at radius 1 is 1.07 bits per heavy atom. The van der Waals surface area contributed by atoms with Gasteiger partial charge in [0.1, 0.15) is 5.82 Å². The van der Waals surface area contributed by atoms with Crippen molar-refractivity contribution in [1.29, 1.82) is 0 Å². The van der Waals surface area contributed by atoms with Crippen molar-refractivity contribution in [3.63, 3.8) is 0 Å². The van der Waals surface area contributed by atoms with E-state index in [1.54, 1.807) is 0 Å². The molecule has 2 heteroatoms. The van der Waals surface area contributed by atoms with E-state index in [1.165, 1.54) is 0 Å². The quantitative estimate of drug-likeness (QED) is 0.716. The molecule has 0 fully saturated rings. The third-order valence-electron chi connectivity index (χ3n) is 2.32. The van der Waals surface area contributed by atoms with Crippen LogP contribution in [0.4, 0.5) is 4.39 Å². The third kappa shape index (κ3) is 2.50. The lowest BCUT2D eigenvalue weighted by Gasteiger charge is -2.08. The van der Waals surface area contributed by atoms with Crippen LogP contribution in [0.25, 0.3) is 0 Å². The Morgan fingerprint density at radius 3 is 2.14 bits per heavy atom. The van der Waals surface area contributed by atoms with Crippen LogP contribution in [-0.4, -0.2) is 0 Å². The van der Waals surface area contributed by atoms with Crippen LogP contribution in [0.3, 0.4) is 0 Å². The Bertz CT molecular complexity index is 276. The maximum absolute atomic E-state index is 13.7. The number of aryl methyl sites for hydroxylation is 2. The highest BCUT2D eigenvalue weighted by Crippen LogP contribution is 2.23. The molecule has 0 bridgehead atoms. The van der Waals surface area contributed by atoms with Crippen molar-refractivity contribution in [3.05, 3.63) is 29.1 Å². The van der Waals surface area contributed by atoms with Crippen molar-refractivity contribution in [1.82, 2.24) is 0 Å². The van der Waals surface area contributed by atoms with Gasteiger partial charge in [0.25, 0.3) is 0 Å². The number of benzene rings is 1. The molecule has 0 radical (unpaired) electrons. The van der Waals surface area contributed by atoms with E-state index in [0.29, 0.717) is 4.90 Å². The summed E-state index contributed by atoms with van der Waals surface area (Å²) in [4.78, 5) is 0.540. The second-order valence-corrected chi connectivity index (χ2v) is 3.99. The number of hydrogen-bond donors (Lipinski definition) is 1. The molecule has 0 aliphatic rings. The maximum Gasteiger partial charge on any atom is 0.139 e. The van der Waals surface area contributed by atoms with Gasteiger partial charge in [0.15, 0.2) is 0 Å². The second kappa shape index (κ2) is 5.40. The van der Waals surface area contributed by atoms with Gasteiger partial charge < -0.3 is 0 Å². The molecule has 0 aromatic heterocycles. The summed E-state index contributed by atoms with van der Waals surface area (Å²) in [6.45, 7) is 4.14. The molecule has 78 valence electrons. The Balaban J connectivity index is 2.99. The summed E-state index contributed by atoms with van der Waals surface area (Å²) < 4.78 is 13.7. The fourth-order valence-electron chi connectivity index (χ4n) is 1.58. The molecule has 0 aliphatic heterocycles. The topological polar surface area (TPSA) is 0 Å². The molecule has 0 heterocycles. The third-order valence-corrected chi connectivity index (χ3v) is 2.80. The van der Waals surface area contributed by atoms with Crippen LogP contribution in [0, 0.1) is 5.82 Å². The van der Waals surface area contributed by atoms with Crippen LogP contribution in [-0.2, 0) is 12.8 Å². The van der Waals surface area contributed by atoms with E-state index >= 15 is 0 Å². The molecule has 0 spiro atoms. The predicted octanol–water partition coefficient (Wildman–Crippen LogP) is 4.02. The lowest BCUT2D eigenvalue weighted by Crippen LogP contribution is -1.96. The van der Waals surface area contributed by atoms with Crippen molar-refractivity contribution in [2.75, 3.05) is 0 Å². The van der Waals surface area contributed by atoms with E-state index in [4.69, 9.17) is 0 Å². The van der Waals surface area contributed by atoms with Crippen molar-refractivity contribution < 1.29 is 4.39 Å². The zero-order chi connectivity index (χ0) is 10.6. The van der Waals surface area contributed by atoms with Gasteiger partial charge in [-0.15, -0.1) is 12.6 Å². The summed E-state index contributed by atoms with van der Waals surface area (Å²) in [5.74, 6) is -0.124. The Morgan fingerprint density at radius 2 is 1.57 bits per heavy atom.